The van der Waals surface area contributed by atoms with Crippen molar-refractivity contribution in [3.63, 3.8) is 0 Å². The number of hydrogen-bond acceptors (Lipinski definition) is 3. The minimum atomic E-state index is -4.24. The maximum atomic E-state index is 14.2. The van der Waals surface area contributed by atoms with E-state index in [1.807, 2.05) is 0 Å². The van der Waals surface area contributed by atoms with Gasteiger partial charge >= 0.3 is 10.2 Å². The van der Waals surface area contributed by atoms with Crippen LogP contribution in [0.3, 0.4) is 0 Å². The Kier molecular flexibility index (Phi) is 4.61. The van der Waals surface area contributed by atoms with Gasteiger partial charge in [0.25, 0.3) is 0 Å². The highest BCUT2D eigenvalue weighted by molar-refractivity contribution is 7.95. The Morgan fingerprint density at radius 2 is 1.64 bits per heavy atom. The molecule has 2 aromatic carbocycles. The summed E-state index contributed by atoms with van der Waals surface area (Å²) in [6.07, 6.45) is 0.506. The summed E-state index contributed by atoms with van der Waals surface area (Å²) >= 11 is 0. The molecular weight excluding hydrogens is 355 g/mol. The molecular formula is C16H16F3N3O2S. The average Bonchev–Trinajstić information content (AvgIpc) is 2.75. The summed E-state index contributed by atoms with van der Waals surface area (Å²) in [7, 11) is -2.50. The number of anilines is 3. The van der Waals surface area contributed by atoms with Gasteiger partial charge in [0, 0.05) is 18.7 Å². The van der Waals surface area contributed by atoms with Gasteiger partial charge < -0.3 is 5.32 Å². The van der Waals surface area contributed by atoms with E-state index in [0.29, 0.717) is 35.1 Å². The van der Waals surface area contributed by atoms with Crippen molar-refractivity contribution in [1.29, 1.82) is 0 Å². The average molecular weight is 371 g/mol. The molecule has 1 aliphatic rings. The third-order valence-electron chi connectivity index (χ3n) is 3.85. The number of nitrogens with one attached hydrogen (secondary N) is 1. The second-order valence-electron chi connectivity index (χ2n) is 5.51. The molecule has 1 heterocycles. The molecule has 0 amide bonds. The topological polar surface area (TPSA) is 52.6 Å². The number of hydrogen-bond donors (Lipinski definition) is 1. The lowest BCUT2D eigenvalue weighted by molar-refractivity contribution is 0.543. The first-order chi connectivity index (χ1) is 11.9. The molecule has 0 unspecified atom stereocenters. The van der Waals surface area contributed by atoms with E-state index in [1.165, 1.54) is 6.07 Å². The van der Waals surface area contributed by atoms with Crippen LogP contribution in [0.1, 0.15) is 6.42 Å². The number of benzene rings is 2. The molecule has 0 aromatic heterocycles. The first-order valence-corrected chi connectivity index (χ1v) is 8.99. The Hall–Kier alpha value is -2.26. The molecule has 25 heavy (non-hydrogen) atoms. The first-order valence-electron chi connectivity index (χ1n) is 7.59. The summed E-state index contributed by atoms with van der Waals surface area (Å²) in [5.41, 5.74) is -0.372. The zero-order valence-corrected chi connectivity index (χ0v) is 14.2. The van der Waals surface area contributed by atoms with Crippen molar-refractivity contribution in [2.45, 2.75) is 6.42 Å². The van der Waals surface area contributed by atoms with E-state index in [1.54, 1.807) is 25.2 Å². The summed E-state index contributed by atoms with van der Waals surface area (Å²) in [5.74, 6) is -3.68. The summed E-state index contributed by atoms with van der Waals surface area (Å²) in [5, 5.41) is 2.91. The highest BCUT2D eigenvalue weighted by atomic mass is 32.2. The fourth-order valence-corrected chi connectivity index (χ4v) is 4.56. The van der Waals surface area contributed by atoms with Crippen molar-refractivity contribution >= 4 is 27.3 Å². The zero-order chi connectivity index (χ0) is 18.2. The lowest BCUT2D eigenvalue weighted by atomic mass is 10.2. The Labute approximate surface area is 143 Å². The van der Waals surface area contributed by atoms with Crippen molar-refractivity contribution in [1.82, 2.24) is 5.32 Å². The molecule has 0 bridgehead atoms. The Balaban J connectivity index is 2.15. The molecule has 0 saturated carbocycles. The number of nitrogens with zero attached hydrogens (tertiary/aromatic N) is 2. The highest BCUT2D eigenvalue weighted by Crippen LogP contribution is 2.46. The standard InChI is InChI=1S/C16H16F3N3O2S/c1-20-7-4-8-21-14-5-2-3-6-15(14)22(25(21,23)24)16-12(18)9-11(17)10-13(16)19/h2-3,5-6,9-10,20H,4,7-8H2,1H3. The van der Waals surface area contributed by atoms with Gasteiger partial charge in [-0.1, -0.05) is 12.1 Å². The maximum absolute atomic E-state index is 14.2. The van der Waals surface area contributed by atoms with Crippen LogP contribution in [-0.2, 0) is 10.2 Å². The van der Waals surface area contributed by atoms with E-state index in [4.69, 9.17) is 0 Å². The van der Waals surface area contributed by atoms with Gasteiger partial charge in [-0.25, -0.2) is 17.5 Å². The van der Waals surface area contributed by atoms with E-state index in [0.717, 1.165) is 4.31 Å². The monoisotopic (exact) mass is 371 g/mol. The minimum Gasteiger partial charge on any atom is -0.320 e. The van der Waals surface area contributed by atoms with Crippen LogP contribution < -0.4 is 13.9 Å². The van der Waals surface area contributed by atoms with Crippen molar-refractivity contribution in [2.75, 3.05) is 28.7 Å². The van der Waals surface area contributed by atoms with Gasteiger partial charge in [0.1, 0.15) is 11.5 Å². The Morgan fingerprint density at radius 1 is 1.04 bits per heavy atom. The zero-order valence-electron chi connectivity index (χ0n) is 13.3. The van der Waals surface area contributed by atoms with Gasteiger partial charge in [-0.15, -0.1) is 0 Å². The molecule has 0 saturated heterocycles. The smallest absolute Gasteiger partial charge is 0.320 e. The third kappa shape index (κ3) is 2.93. The predicted octanol–water partition coefficient (Wildman–Crippen LogP) is 2.92. The number of halogens is 3. The molecule has 9 heteroatoms. The van der Waals surface area contributed by atoms with Crippen molar-refractivity contribution < 1.29 is 21.6 Å². The number of fused-ring (bicyclic) bond motifs is 1. The molecule has 134 valence electrons. The van der Waals surface area contributed by atoms with Gasteiger partial charge in [0.2, 0.25) is 0 Å². The third-order valence-corrected chi connectivity index (χ3v) is 5.63. The second kappa shape index (κ2) is 6.57. The maximum Gasteiger partial charge on any atom is 0.331 e. The summed E-state index contributed by atoms with van der Waals surface area (Å²) < 4.78 is 69.2. The quantitative estimate of drug-likeness (QED) is 0.823. The van der Waals surface area contributed by atoms with Crippen LogP contribution in [0.25, 0.3) is 0 Å². The first kappa shape index (κ1) is 17.6. The molecule has 3 rings (SSSR count). The van der Waals surface area contributed by atoms with Crippen molar-refractivity contribution in [3.8, 4) is 0 Å². The summed E-state index contributed by atoms with van der Waals surface area (Å²) in [6.45, 7) is 0.717. The molecule has 0 radical (unpaired) electrons. The van der Waals surface area contributed by atoms with Crippen LogP contribution in [0.5, 0.6) is 0 Å². The summed E-state index contributed by atoms with van der Waals surface area (Å²) in [4.78, 5) is 0. The van der Waals surface area contributed by atoms with Crippen LogP contribution in [0.4, 0.5) is 30.2 Å². The van der Waals surface area contributed by atoms with E-state index >= 15 is 0 Å². The molecule has 0 spiro atoms. The Morgan fingerprint density at radius 3 is 2.24 bits per heavy atom. The van der Waals surface area contributed by atoms with Crippen molar-refractivity contribution in [2.24, 2.45) is 0 Å². The Bertz CT molecular complexity index is 882. The largest absolute Gasteiger partial charge is 0.331 e. The molecule has 0 aliphatic carbocycles. The summed E-state index contributed by atoms with van der Waals surface area (Å²) in [6, 6.07) is 7.14. The van der Waals surface area contributed by atoms with Gasteiger partial charge in [0.05, 0.1) is 11.4 Å². The van der Waals surface area contributed by atoms with E-state index in [2.05, 4.69) is 5.32 Å². The fourth-order valence-electron chi connectivity index (χ4n) is 2.79. The van der Waals surface area contributed by atoms with E-state index < -0.39 is 33.3 Å². The number of rotatable bonds is 5. The molecule has 1 N–H and O–H groups in total. The van der Waals surface area contributed by atoms with Gasteiger partial charge in [-0.3, -0.25) is 4.31 Å². The second-order valence-corrected chi connectivity index (χ2v) is 7.21. The highest BCUT2D eigenvalue weighted by Gasteiger charge is 2.43. The molecule has 5 nitrogen and oxygen atoms in total. The molecule has 2 aromatic rings. The van der Waals surface area contributed by atoms with E-state index in [9.17, 15) is 21.6 Å². The normalized spacial score (nSPS) is 15.5. The molecule has 0 fully saturated rings. The fraction of sp³-hybridized carbons (Fsp3) is 0.250. The van der Waals surface area contributed by atoms with Crippen LogP contribution in [-0.4, -0.2) is 28.6 Å². The van der Waals surface area contributed by atoms with Gasteiger partial charge in [-0.05, 0) is 32.1 Å². The molecule has 1 aliphatic heterocycles. The predicted molar refractivity (Wildman–Crippen MR) is 89.7 cm³/mol. The lowest BCUT2D eigenvalue weighted by Gasteiger charge is -2.22. The van der Waals surface area contributed by atoms with Gasteiger partial charge in [0.15, 0.2) is 11.6 Å². The van der Waals surface area contributed by atoms with Crippen LogP contribution >= 0.6 is 0 Å². The van der Waals surface area contributed by atoms with Crippen molar-refractivity contribution in [3.05, 3.63) is 53.8 Å². The van der Waals surface area contributed by atoms with Gasteiger partial charge in [-0.2, -0.15) is 8.42 Å². The lowest BCUT2D eigenvalue weighted by Crippen LogP contribution is -2.37. The minimum absolute atomic E-state index is 0.122. The SMILES string of the molecule is CNCCCN1c2ccccc2N(c2c(F)cc(F)cc2F)S1(=O)=O. The van der Waals surface area contributed by atoms with Crippen LogP contribution in [0, 0.1) is 17.5 Å². The number of para-hydroxylation sites is 2. The van der Waals surface area contributed by atoms with Crippen LogP contribution in [0.2, 0.25) is 0 Å². The molecule has 0 atom stereocenters. The van der Waals surface area contributed by atoms with Crippen LogP contribution in [0.15, 0.2) is 36.4 Å². The van der Waals surface area contributed by atoms with E-state index in [-0.39, 0.29) is 12.2 Å².